The summed E-state index contributed by atoms with van der Waals surface area (Å²) in [6, 6.07) is 14.3. The lowest BCUT2D eigenvalue weighted by atomic mass is 10.2. The number of nitro groups is 1. The molecule has 1 aromatic heterocycles. The zero-order chi connectivity index (χ0) is 12.1. The van der Waals surface area contributed by atoms with Gasteiger partial charge in [0.2, 0.25) is 0 Å². The Balaban J connectivity index is 0.00000162. The standard InChI is InChI=1S/C12H11N3O2.ClH/c16-15(17)14(12-8-4-5-9-13-12)10-11-6-2-1-3-7-11;/h1-9H,10H2;1H. The quantitative estimate of drug-likeness (QED) is 0.630. The van der Waals surface area contributed by atoms with Gasteiger partial charge in [0.05, 0.1) is 0 Å². The molecule has 6 heteroatoms. The summed E-state index contributed by atoms with van der Waals surface area (Å²) in [6.45, 7) is 0.199. The van der Waals surface area contributed by atoms with E-state index in [4.69, 9.17) is 0 Å². The van der Waals surface area contributed by atoms with Gasteiger partial charge in [0, 0.05) is 6.20 Å². The molecule has 0 spiro atoms. The zero-order valence-electron chi connectivity index (χ0n) is 9.47. The van der Waals surface area contributed by atoms with Gasteiger partial charge in [-0.05, 0) is 17.7 Å². The first-order chi connectivity index (χ1) is 8.27. The largest absolute Gasteiger partial charge is 0.234 e. The maximum Gasteiger partial charge on any atom is 0.194 e. The van der Waals surface area contributed by atoms with E-state index in [1.54, 1.807) is 18.2 Å². The van der Waals surface area contributed by atoms with Crippen LogP contribution in [0.15, 0.2) is 54.7 Å². The van der Waals surface area contributed by atoms with Gasteiger partial charge >= 0.3 is 0 Å². The third kappa shape index (κ3) is 3.43. The number of hydrogen-bond donors (Lipinski definition) is 0. The Kier molecular flexibility index (Phi) is 5.07. The zero-order valence-corrected chi connectivity index (χ0v) is 10.3. The molecule has 0 aliphatic carbocycles. The van der Waals surface area contributed by atoms with Gasteiger partial charge in [-0.15, -0.1) is 12.4 Å². The molecule has 0 aliphatic rings. The predicted octanol–water partition coefficient (Wildman–Crippen LogP) is 2.70. The van der Waals surface area contributed by atoms with E-state index in [0.717, 1.165) is 10.6 Å². The Hall–Kier alpha value is -2.14. The van der Waals surface area contributed by atoms with Crippen molar-refractivity contribution in [3.8, 4) is 0 Å². The molecule has 1 aromatic carbocycles. The van der Waals surface area contributed by atoms with Crippen LogP contribution in [0.2, 0.25) is 0 Å². The highest BCUT2D eigenvalue weighted by Crippen LogP contribution is 2.13. The second-order valence-corrected chi connectivity index (χ2v) is 3.47. The number of halogens is 1. The highest BCUT2D eigenvalue weighted by molar-refractivity contribution is 5.85. The minimum Gasteiger partial charge on any atom is -0.234 e. The average Bonchev–Trinajstić information content (AvgIpc) is 2.38. The number of hydrogen-bond acceptors (Lipinski definition) is 3. The van der Waals surface area contributed by atoms with Crippen LogP contribution in [0.25, 0.3) is 0 Å². The van der Waals surface area contributed by atoms with Gasteiger partial charge in [-0.1, -0.05) is 41.4 Å². The molecule has 0 unspecified atom stereocenters. The van der Waals surface area contributed by atoms with E-state index >= 15 is 0 Å². The molecule has 0 radical (unpaired) electrons. The van der Waals surface area contributed by atoms with E-state index < -0.39 is 5.03 Å². The first kappa shape index (κ1) is 13.9. The summed E-state index contributed by atoms with van der Waals surface area (Å²) in [7, 11) is 0. The molecule has 0 bridgehead atoms. The van der Waals surface area contributed by atoms with Crippen LogP contribution in [-0.4, -0.2) is 10.0 Å². The summed E-state index contributed by atoms with van der Waals surface area (Å²) < 4.78 is 0. The van der Waals surface area contributed by atoms with Gasteiger partial charge in [0.25, 0.3) is 0 Å². The first-order valence-corrected chi connectivity index (χ1v) is 5.14. The highest BCUT2D eigenvalue weighted by Gasteiger charge is 2.18. The molecule has 2 aromatic rings. The van der Waals surface area contributed by atoms with Crippen molar-refractivity contribution in [3.05, 3.63) is 70.4 Å². The fourth-order valence-electron chi connectivity index (χ4n) is 1.49. The van der Waals surface area contributed by atoms with Crippen molar-refractivity contribution in [2.24, 2.45) is 0 Å². The van der Waals surface area contributed by atoms with Gasteiger partial charge in [-0.25, -0.2) is 15.1 Å². The van der Waals surface area contributed by atoms with E-state index in [9.17, 15) is 10.1 Å². The summed E-state index contributed by atoms with van der Waals surface area (Å²) in [5, 5.41) is 11.6. The molecule has 18 heavy (non-hydrogen) atoms. The summed E-state index contributed by atoms with van der Waals surface area (Å²) in [4.78, 5) is 15.0. The summed E-state index contributed by atoms with van der Waals surface area (Å²) >= 11 is 0. The molecule has 0 saturated heterocycles. The fourth-order valence-corrected chi connectivity index (χ4v) is 1.49. The lowest BCUT2D eigenvalue weighted by Gasteiger charge is -2.12. The smallest absolute Gasteiger partial charge is 0.194 e. The average molecular weight is 266 g/mol. The van der Waals surface area contributed by atoms with Gasteiger partial charge in [-0.2, -0.15) is 0 Å². The lowest BCUT2D eigenvalue weighted by molar-refractivity contribution is -0.497. The molecule has 0 saturated carbocycles. The third-order valence-corrected chi connectivity index (χ3v) is 2.29. The molecule has 94 valence electrons. The van der Waals surface area contributed by atoms with E-state index in [1.165, 1.54) is 6.20 Å². The van der Waals surface area contributed by atoms with Gasteiger partial charge in [-0.3, -0.25) is 0 Å². The van der Waals surface area contributed by atoms with Gasteiger partial charge in [0.1, 0.15) is 6.54 Å². The van der Waals surface area contributed by atoms with Crippen LogP contribution in [0, 0.1) is 10.1 Å². The molecule has 5 nitrogen and oxygen atoms in total. The number of benzene rings is 1. The van der Waals surface area contributed by atoms with Crippen LogP contribution in [-0.2, 0) is 6.54 Å². The molecular weight excluding hydrogens is 254 g/mol. The number of rotatable bonds is 4. The van der Waals surface area contributed by atoms with Crippen LogP contribution in [0.4, 0.5) is 5.82 Å². The van der Waals surface area contributed by atoms with E-state index in [0.29, 0.717) is 5.82 Å². The first-order valence-electron chi connectivity index (χ1n) is 5.14. The number of aromatic nitrogens is 1. The summed E-state index contributed by atoms with van der Waals surface area (Å²) in [5.74, 6) is 0.335. The Labute approximate surface area is 111 Å². The van der Waals surface area contributed by atoms with E-state index in [-0.39, 0.29) is 19.0 Å². The molecule has 0 atom stereocenters. The Bertz CT molecular complexity index is 493. The van der Waals surface area contributed by atoms with Gasteiger partial charge in [0.15, 0.2) is 10.9 Å². The number of pyridine rings is 1. The molecule has 0 N–H and O–H groups in total. The Morgan fingerprint density at radius 2 is 1.78 bits per heavy atom. The van der Waals surface area contributed by atoms with Crippen molar-refractivity contribution in [2.45, 2.75) is 6.54 Å². The Morgan fingerprint density at radius 3 is 2.33 bits per heavy atom. The van der Waals surface area contributed by atoms with Crippen molar-refractivity contribution in [2.75, 3.05) is 5.01 Å². The topological polar surface area (TPSA) is 59.3 Å². The molecule has 0 fully saturated rings. The highest BCUT2D eigenvalue weighted by atomic mass is 35.5. The number of nitrogens with zero attached hydrogens (tertiary/aromatic N) is 3. The van der Waals surface area contributed by atoms with Crippen molar-refractivity contribution in [3.63, 3.8) is 0 Å². The lowest BCUT2D eigenvalue weighted by Crippen LogP contribution is -2.29. The number of anilines is 1. The van der Waals surface area contributed by atoms with Crippen LogP contribution in [0.5, 0.6) is 0 Å². The SMILES string of the molecule is Cl.O=[N+]([O-])N(Cc1ccccc1)c1ccccn1. The second kappa shape index (κ2) is 6.56. The van der Waals surface area contributed by atoms with Crippen LogP contribution in [0.3, 0.4) is 0 Å². The summed E-state index contributed by atoms with van der Waals surface area (Å²) in [6.07, 6.45) is 1.54. The van der Waals surface area contributed by atoms with Crippen LogP contribution < -0.4 is 5.01 Å². The second-order valence-electron chi connectivity index (χ2n) is 3.47. The van der Waals surface area contributed by atoms with Crippen LogP contribution >= 0.6 is 12.4 Å². The molecular formula is C12H12ClN3O2. The van der Waals surface area contributed by atoms with Crippen molar-refractivity contribution in [1.82, 2.24) is 4.98 Å². The molecule has 0 amide bonds. The predicted molar refractivity (Wildman–Crippen MR) is 71.1 cm³/mol. The normalized spacial score (nSPS) is 9.33. The summed E-state index contributed by atoms with van der Waals surface area (Å²) in [5.41, 5.74) is 0.870. The maximum atomic E-state index is 11.0. The molecule has 0 aliphatic heterocycles. The monoisotopic (exact) mass is 265 g/mol. The third-order valence-electron chi connectivity index (χ3n) is 2.29. The van der Waals surface area contributed by atoms with Crippen LogP contribution in [0.1, 0.15) is 5.56 Å². The Morgan fingerprint density at radius 1 is 1.11 bits per heavy atom. The molecule has 1 heterocycles. The number of hydrazine groups is 1. The minimum absolute atomic E-state index is 0. The van der Waals surface area contributed by atoms with E-state index in [1.807, 2.05) is 30.3 Å². The maximum absolute atomic E-state index is 11.0. The fraction of sp³-hybridized carbons (Fsp3) is 0.0833. The van der Waals surface area contributed by atoms with Crippen molar-refractivity contribution >= 4 is 18.2 Å². The van der Waals surface area contributed by atoms with Crippen molar-refractivity contribution in [1.29, 1.82) is 0 Å². The van der Waals surface area contributed by atoms with Gasteiger partial charge < -0.3 is 0 Å². The minimum atomic E-state index is -0.449. The van der Waals surface area contributed by atoms with E-state index in [2.05, 4.69) is 4.98 Å². The molecule has 2 rings (SSSR count). The van der Waals surface area contributed by atoms with Crippen molar-refractivity contribution < 1.29 is 5.03 Å².